The molecule has 2 aromatic rings. The van der Waals surface area contributed by atoms with Crippen LogP contribution in [0.3, 0.4) is 0 Å². The quantitative estimate of drug-likeness (QED) is 0.582. The number of hydrogen-bond acceptors (Lipinski definition) is 4. The molecule has 0 unspecified atom stereocenters. The number of nitrogens with two attached hydrogens (primary N) is 1. The molecule has 0 radical (unpaired) electrons. The number of nitrogens with one attached hydrogen (secondary N) is 1. The van der Waals surface area contributed by atoms with Crippen LogP contribution >= 0.6 is 15.9 Å². The van der Waals surface area contributed by atoms with Gasteiger partial charge in [0.15, 0.2) is 0 Å². The fourth-order valence-corrected chi connectivity index (χ4v) is 3.23. The summed E-state index contributed by atoms with van der Waals surface area (Å²) >= 11 is 3.34. The van der Waals surface area contributed by atoms with E-state index < -0.39 is 10.0 Å². The zero-order valence-electron chi connectivity index (χ0n) is 10.6. The Labute approximate surface area is 125 Å². The third-order valence-corrected chi connectivity index (χ3v) is 5.16. The molecule has 0 saturated carbocycles. The van der Waals surface area contributed by atoms with Crippen molar-refractivity contribution < 1.29 is 13.5 Å². The number of benzene rings is 2. The van der Waals surface area contributed by atoms with Crippen molar-refractivity contribution in [1.82, 2.24) is 0 Å². The Morgan fingerprint density at radius 3 is 2.60 bits per heavy atom. The number of aromatic hydroxyl groups is 1. The van der Waals surface area contributed by atoms with E-state index in [1.165, 1.54) is 18.2 Å². The van der Waals surface area contributed by atoms with Crippen molar-refractivity contribution in [3.8, 4) is 5.75 Å². The van der Waals surface area contributed by atoms with Crippen molar-refractivity contribution in [2.75, 3.05) is 10.5 Å². The van der Waals surface area contributed by atoms with Gasteiger partial charge in [0.05, 0.1) is 16.3 Å². The number of hydrogen-bond donors (Lipinski definition) is 3. The third-order valence-electron chi connectivity index (χ3n) is 2.75. The van der Waals surface area contributed by atoms with Gasteiger partial charge in [0, 0.05) is 4.47 Å². The van der Waals surface area contributed by atoms with Gasteiger partial charge in [0.2, 0.25) is 0 Å². The average Bonchev–Trinajstić information content (AvgIpc) is 2.38. The number of phenolic OH excluding ortho intramolecular Hbond substituents is 1. The van der Waals surface area contributed by atoms with Crippen molar-refractivity contribution in [2.24, 2.45) is 0 Å². The molecule has 0 heterocycles. The Balaban J connectivity index is 2.41. The summed E-state index contributed by atoms with van der Waals surface area (Å²) in [6.07, 6.45) is 0. The van der Waals surface area contributed by atoms with Gasteiger partial charge in [-0.1, -0.05) is 12.1 Å². The second kappa shape index (κ2) is 5.34. The summed E-state index contributed by atoms with van der Waals surface area (Å²) in [4.78, 5) is -0.0128. The molecule has 2 rings (SSSR count). The Morgan fingerprint density at radius 2 is 1.95 bits per heavy atom. The average molecular weight is 357 g/mol. The standard InChI is InChI=1S/C13H13BrN2O3S/c1-8-3-2-4-11(13(8)14)16-20(18,19)9-5-6-12(17)10(15)7-9/h2-7,16-17H,15H2,1H3. The predicted octanol–water partition coefficient (Wildman–Crippen LogP) is 2.85. The lowest BCUT2D eigenvalue weighted by atomic mass is 10.2. The first-order valence-corrected chi connectivity index (χ1v) is 7.95. The number of aryl methyl sites for hydroxylation is 1. The third kappa shape index (κ3) is 2.88. The fourth-order valence-electron chi connectivity index (χ4n) is 1.63. The van der Waals surface area contributed by atoms with E-state index in [0.717, 1.165) is 5.56 Å². The first kappa shape index (κ1) is 14.7. The topological polar surface area (TPSA) is 92.4 Å². The van der Waals surface area contributed by atoms with Crippen molar-refractivity contribution in [3.05, 3.63) is 46.4 Å². The second-order valence-electron chi connectivity index (χ2n) is 4.26. The van der Waals surface area contributed by atoms with Crippen LogP contribution in [0, 0.1) is 6.92 Å². The smallest absolute Gasteiger partial charge is 0.262 e. The Hall–Kier alpha value is -1.73. The minimum atomic E-state index is -3.76. The van der Waals surface area contributed by atoms with Crippen molar-refractivity contribution >= 4 is 37.3 Å². The normalized spacial score (nSPS) is 11.3. The minimum absolute atomic E-state index is 0.0104. The molecule has 4 N–H and O–H groups in total. The number of rotatable bonds is 3. The molecule has 0 amide bonds. The van der Waals surface area contributed by atoms with Gasteiger partial charge in [0.1, 0.15) is 5.75 Å². The summed E-state index contributed by atoms with van der Waals surface area (Å²) in [7, 11) is -3.76. The van der Waals surface area contributed by atoms with Crippen LogP contribution in [0.2, 0.25) is 0 Å². The summed E-state index contributed by atoms with van der Waals surface area (Å²) < 4.78 is 27.7. The van der Waals surface area contributed by atoms with E-state index in [9.17, 15) is 13.5 Å². The van der Waals surface area contributed by atoms with Crippen LogP contribution in [-0.4, -0.2) is 13.5 Å². The molecular weight excluding hydrogens is 344 g/mol. The maximum absolute atomic E-state index is 12.3. The lowest BCUT2D eigenvalue weighted by Crippen LogP contribution is -2.13. The molecule has 0 saturated heterocycles. The van der Waals surface area contributed by atoms with E-state index in [0.29, 0.717) is 10.2 Å². The van der Waals surface area contributed by atoms with Crippen molar-refractivity contribution in [2.45, 2.75) is 11.8 Å². The fraction of sp³-hybridized carbons (Fsp3) is 0.0769. The van der Waals surface area contributed by atoms with E-state index in [-0.39, 0.29) is 16.3 Å². The number of phenols is 1. The molecule has 7 heteroatoms. The molecule has 0 aromatic heterocycles. The summed E-state index contributed by atoms with van der Waals surface area (Å²) in [5.74, 6) is -0.152. The maximum atomic E-state index is 12.3. The molecule has 2 aromatic carbocycles. The molecule has 0 aliphatic rings. The van der Waals surface area contributed by atoms with Crippen LogP contribution in [0.15, 0.2) is 45.8 Å². The number of anilines is 2. The SMILES string of the molecule is Cc1cccc(NS(=O)(=O)c2ccc(O)c(N)c2)c1Br. The van der Waals surface area contributed by atoms with E-state index in [1.54, 1.807) is 12.1 Å². The number of sulfonamides is 1. The zero-order chi connectivity index (χ0) is 14.9. The van der Waals surface area contributed by atoms with E-state index in [2.05, 4.69) is 20.7 Å². The van der Waals surface area contributed by atoms with Gasteiger partial charge in [-0.25, -0.2) is 8.42 Å². The largest absolute Gasteiger partial charge is 0.506 e. The van der Waals surface area contributed by atoms with Crippen LogP contribution in [0.25, 0.3) is 0 Å². The van der Waals surface area contributed by atoms with Crippen LogP contribution in [0.1, 0.15) is 5.56 Å². The summed E-state index contributed by atoms with van der Waals surface area (Å²) in [5, 5.41) is 9.33. The predicted molar refractivity (Wildman–Crippen MR) is 82.2 cm³/mol. The van der Waals surface area contributed by atoms with Gasteiger partial charge in [-0.15, -0.1) is 0 Å². The molecule has 0 fully saturated rings. The minimum Gasteiger partial charge on any atom is -0.506 e. The number of nitrogen functional groups attached to an aromatic ring is 1. The van der Waals surface area contributed by atoms with Gasteiger partial charge in [-0.3, -0.25) is 4.72 Å². The Morgan fingerprint density at radius 1 is 1.25 bits per heavy atom. The van der Waals surface area contributed by atoms with E-state index in [1.807, 2.05) is 13.0 Å². The van der Waals surface area contributed by atoms with Crippen LogP contribution in [0.5, 0.6) is 5.75 Å². The van der Waals surface area contributed by atoms with Crippen molar-refractivity contribution in [1.29, 1.82) is 0 Å². The van der Waals surface area contributed by atoms with Gasteiger partial charge < -0.3 is 10.8 Å². The van der Waals surface area contributed by atoms with Crippen LogP contribution in [-0.2, 0) is 10.0 Å². The van der Waals surface area contributed by atoms with Crippen LogP contribution in [0.4, 0.5) is 11.4 Å². The lowest BCUT2D eigenvalue weighted by Gasteiger charge is -2.11. The molecule has 0 aliphatic heterocycles. The molecule has 106 valence electrons. The van der Waals surface area contributed by atoms with Gasteiger partial charge in [-0.2, -0.15) is 0 Å². The zero-order valence-corrected chi connectivity index (χ0v) is 13.0. The van der Waals surface area contributed by atoms with Gasteiger partial charge in [0.25, 0.3) is 10.0 Å². The van der Waals surface area contributed by atoms with Gasteiger partial charge >= 0.3 is 0 Å². The Bertz CT molecular complexity index is 760. The molecule has 0 bridgehead atoms. The highest BCUT2D eigenvalue weighted by molar-refractivity contribution is 9.10. The Kier molecular flexibility index (Phi) is 3.92. The van der Waals surface area contributed by atoms with Gasteiger partial charge in [-0.05, 0) is 52.7 Å². The highest BCUT2D eigenvalue weighted by Gasteiger charge is 2.17. The second-order valence-corrected chi connectivity index (χ2v) is 6.74. The first-order valence-electron chi connectivity index (χ1n) is 5.67. The number of halogens is 1. The van der Waals surface area contributed by atoms with Crippen molar-refractivity contribution in [3.63, 3.8) is 0 Å². The van der Waals surface area contributed by atoms with Crippen LogP contribution < -0.4 is 10.5 Å². The molecular formula is C13H13BrN2O3S. The summed E-state index contributed by atoms with van der Waals surface area (Å²) in [5.41, 5.74) is 6.88. The highest BCUT2D eigenvalue weighted by Crippen LogP contribution is 2.29. The lowest BCUT2D eigenvalue weighted by molar-refractivity contribution is 0.477. The molecule has 20 heavy (non-hydrogen) atoms. The maximum Gasteiger partial charge on any atom is 0.262 e. The summed E-state index contributed by atoms with van der Waals surface area (Å²) in [6, 6.07) is 9.01. The van der Waals surface area contributed by atoms with E-state index in [4.69, 9.17) is 5.73 Å². The molecule has 0 spiro atoms. The highest BCUT2D eigenvalue weighted by atomic mass is 79.9. The molecule has 0 aliphatic carbocycles. The molecule has 5 nitrogen and oxygen atoms in total. The first-order chi connectivity index (χ1) is 9.31. The summed E-state index contributed by atoms with van der Waals surface area (Å²) in [6.45, 7) is 1.86. The van der Waals surface area contributed by atoms with E-state index >= 15 is 0 Å². The monoisotopic (exact) mass is 356 g/mol. The molecule has 0 atom stereocenters.